The highest BCUT2D eigenvalue weighted by atomic mass is 16.6. The van der Waals surface area contributed by atoms with Crippen LogP contribution in [0.25, 0.3) is 0 Å². The van der Waals surface area contributed by atoms with Gasteiger partial charge in [0.05, 0.1) is 27.4 Å². The van der Waals surface area contributed by atoms with Gasteiger partial charge in [-0.2, -0.15) is 0 Å². The van der Waals surface area contributed by atoms with Gasteiger partial charge >= 0.3 is 11.9 Å². The molecule has 0 spiro atoms. The van der Waals surface area contributed by atoms with E-state index in [0.29, 0.717) is 0 Å². The largest absolute Gasteiger partial charge is 0.490 e. The smallest absolute Gasteiger partial charge is 0.373 e. The van der Waals surface area contributed by atoms with Crippen LogP contribution in [-0.4, -0.2) is 33.3 Å². The number of hydrogen-bond donors (Lipinski definition) is 0. The highest BCUT2D eigenvalue weighted by molar-refractivity contribution is 5.94. The summed E-state index contributed by atoms with van der Waals surface area (Å²) in [5, 5.41) is 0. The van der Waals surface area contributed by atoms with Crippen LogP contribution in [0.4, 0.5) is 0 Å². The summed E-state index contributed by atoms with van der Waals surface area (Å²) in [5.74, 6) is -1.58. The SMILES string of the molecule is COC(=O)C=C(OC)C(=O)OC. The summed E-state index contributed by atoms with van der Waals surface area (Å²) in [5.41, 5.74) is 0. The van der Waals surface area contributed by atoms with Crippen molar-refractivity contribution in [2.45, 2.75) is 0 Å². The molecule has 0 saturated carbocycles. The highest BCUT2D eigenvalue weighted by Crippen LogP contribution is 1.98. The zero-order chi connectivity index (χ0) is 9.56. The van der Waals surface area contributed by atoms with E-state index in [1.807, 2.05) is 0 Å². The first-order valence-electron chi connectivity index (χ1n) is 3.07. The molecule has 0 radical (unpaired) electrons. The van der Waals surface area contributed by atoms with Crippen molar-refractivity contribution in [3.05, 3.63) is 11.8 Å². The number of carbonyl (C=O) groups excluding carboxylic acids is 2. The molecule has 0 saturated heterocycles. The second-order valence-corrected chi connectivity index (χ2v) is 1.73. The van der Waals surface area contributed by atoms with Crippen molar-refractivity contribution in [2.75, 3.05) is 21.3 Å². The molecule has 5 heteroatoms. The van der Waals surface area contributed by atoms with Crippen molar-refractivity contribution in [3.8, 4) is 0 Å². The van der Waals surface area contributed by atoms with Gasteiger partial charge in [-0.1, -0.05) is 0 Å². The first kappa shape index (κ1) is 10.5. The Labute approximate surface area is 69.9 Å². The minimum atomic E-state index is -0.720. The van der Waals surface area contributed by atoms with Crippen molar-refractivity contribution in [3.63, 3.8) is 0 Å². The average Bonchev–Trinajstić information content (AvgIpc) is 2.12. The molecule has 68 valence electrons. The van der Waals surface area contributed by atoms with Crippen LogP contribution < -0.4 is 0 Å². The molecule has 0 atom stereocenters. The Balaban J connectivity index is 4.43. The quantitative estimate of drug-likeness (QED) is 0.338. The van der Waals surface area contributed by atoms with Gasteiger partial charge in [0.1, 0.15) is 0 Å². The molecule has 0 aromatic rings. The standard InChI is InChI=1S/C7H10O5/c1-10-5(7(9)12-3)4-6(8)11-2/h4H,1-3H3. The fourth-order valence-corrected chi connectivity index (χ4v) is 0.468. The summed E-state index contributed by atoms with van der Waals surface area (Å²) in [6.45, 7) is 0. The summed E-state index contributed by atoms with van der Waals surface area (Å²) >= 11 is 0. The summed E-state index contributed by atoms with van der Waals surface area (Å²) in [6, 6.07) is 0. The Hall–Kier alpha value is -1.52. The topological polar surface area (TPSA) is 61.8 Å². The molecule has 0 bridgehead atoms. The molecule has 0 heterocycles. The maximum Gasteiger partial charge on any atom is 0.373 e. The van der Waals surface area contributed by atoms with Gasteiger partial charge in [0.2, 0.25) is 5.76 Å². The van der Waals surface area contributed by atoms with Crippen molar-refractivity contribution < 1.29 is 23.8 Å². The Morgan fingerprint density at radius 2 is 1.58 bits per heavy atom. The molecule has 0 N–H and O–H groups in total. The predicted octanol–water partition coefficient (Wildman–Crippen LogP) is -0.137. The molecular formula is C7H10O5. The fraction of sp³-hybridized carbons (Fsp3) is 0.429. The van der Waals surface area contributed by atoms with E-state index >= 15 is 0 Å². The van der Waals surface area contributed by atoms with Crippen LogP contribution in [0.15, 0.2) is 11.8 Å². The monoisotopic (exact) mass is 174 g/mol. The minimum Gasteiger partial charge on any atom is -0.490 e. The Kier molecular flexibility index (Phi) is 4.52. The van der Waals surface area contributed by atoms with E-state index in [-0.39, 0.29) is 5.76 Å². The number of methoxy groups -OCH3 is 3. The van der Waals surface area contributed by atoms with Crippen LogP contribution in [0.2, 0.25) is 0 Å². The van der Waals surface area contributed by atoms with Gasteiger partial charge < -0.3 is 14.2 Å². The lowest BCUT2D eigenvalue weighted by Gasteiger charge is -2.01. The van der Waals surface area contributed by atoms with E-state index in [1.165, 1.54) is 21.3 Å². The molecule has 0 aliphatic carbocycles. The van der Waals surface area contributed by atoms with Gasteiger partial charge in [-0.05, 0) is 0 Å². The van der Waals surface area contributed by atoms with Crippen LogP contribution in [-0.2, 0) is 23.8 Å². The second kappa shape index (κ2) is 5.17. The molecule has 0 aromatic carbocycles. The molecule has 0 amide bonds. The Morgan fingerprint density at radius 1 is 1.00 bits per heavy atom. The number of ether oxygens (including phenoxy) is 3. The van der Waals surface area contributed by atoms with E-state index in [4.69, 9.17) is 0 Å². The van der Waals surface area contributed by atoms with E-state index in [9.17, 15) is 9.59 Å². The third kappa shape index (κ3) is 3.05. The van der Waals surface area contributed by atoms with E-state index in [1.54, 1.807) is 0 Å². The zero-order valence-electron chi connectivity index (χ0n) is 7.12. The van der Waals surface area contributed by atoms with Crippen molar-refractivity contribution in [1.29, 1.82) is 0 Å². The molecule has 12 heavy (non-hydrogen) atoms. The lowest BCUT2D eigenvalue weighted by Crippen LogP contribution is -2.09. The summed E-state index contributed by atoms with van der Waals surface area (Å²) in [6.07, 6.45) is 0.909. The Morgan fingerprint density at radius 3 is 1.92 bits per heavy atom. The van der Waals surface area contributed by atoms with Crippen molar-refractivity contribution in [1.82, 2.24) is 0 Å². The first-order chi connectivity index (χ1) is 5.65. The molecule has 5 nitrogen and oxygen atoms in total. The number of hydrogen-bond acceptors (Lipinski definition) is 5. The van der Waals surface area contributed by atoms with Crippen molar-refractivity contribution >= 4 is 11.9 Å². The van der Waals surface area contributed by atoms with E-state index in [2.05, 4.69) is 14.2 Å². The van der Waals surface area contributed by atoms with E-state index < -0.39 is 11.9 Å². The molecule has 0 rings (SSSR count). The van der Waals surface area contributed by atoms with Crippen LogP contribution >= 0.6 is 0 Å². The first-order valence-corrected chi connectivity index (χ1v) is 3.07. The lowest BCUT2D eigenvalue weighted by atomic mass is 10.4. The van der Waals surface area contributed by atoms with Gasteiger partial charge in [-0.25, -0.2) is 9.59 Å². The van der Waals surface area contributed by atoms with Gasteiger partial charge in [0.25, 0.3) is 0 Å². The maximum absolute atomic E-state index is 10.8. The third-order valence-corrected chi connectivity index (χ3v) is 1.06. The lowest BCUT2D eigenvalue weighted by molar-refractivity contribution is -0.141. The van der Waals surface area contributed by atoms with Gasteiger partial charge in [-0.15, -0.1) is 0 Å². The normalized spacial score (nSPS) is 10.4. The van der Waals surface area contributed by atoms with Crippen LogP contribution in [0.5, 0.6) is 0 Å². The number of esters is 2. The van der Waals surface area contributed by atoms with E-state index in [0.717, 1.165) is 6.08 Å². The van der Waals surface area contributed by atoms with Crippen LogP contribution in [0, 0.1) is 0 Å². The molecule has 0 fully saturated rings. The minimum absolute atomic E-state index is 0.190. The Bertz CT molecular complexity index is 206. The third-order valence-electron chi connectivity index (χ3n) is 1.06. The summed E-state index contributed by atoms with van der Waals surface area (Å²) in [7, 11) is 3.64. The van der Waals surface area contributed by atoms with Crippen LogP contribution in [0.3, 0.4) is 0 Å². The van der Waals surface area contributed by atoms with Crippen molar-refractivity contribution in [2.24, 2.45) is 0 Å². The zero-order valence-corrected chi connectivity index (χ0v) is 7.12. The predicted molar refractivity (Wildman–Crippen MR) is 39.1 cm³/mol. The van der Waals surface area contributed by atoms with Crippen LogP contribution in [0.1, 0.15) is 0 Å². The molecule has 0 aliphatic rings. The molecular weight excluding hydrogens is 164 g/mol. The fourth-order valence-electron chi connectivity index (χ4n) is 0.468. The van der Waals surface area contributed by atoms with Gasteiger partial charge in [0, 0.05) is 0 Å². The van der Waals surface area contributed by atoms with Gasteiger partial charge in [0.15, 0.2) is 0 Å². The number of rotatable bonds is 3. The second-order valence-electron chi connectivity index (χ2n) is 1.73. The number of carbonyl (C=O) groups is 2. The summed E-state index contributed by atoms with van der Waals surface area (Å²) in [4.78, 5) is 21.4. The average molecular weight is 174 g/mol. The molecule has 0 aromatic heterocycles. The maximum atomic E-state index is 10.8. The van der Waals surface area contributed by atoms with Gasteiger partial charge in [-0.3, -0.25) is 0 Å². The molecule has 0 aliphatic heterocycles. The highest BCUT2D eigenvalue weighted by Gasteiger charge is 2.11. The summed E-state index contributed by atoms with van der Waals surface area (Å²) < 4.78 is 13.1. The molecule has 0 unspecified atom stereocenters.